The number of Topliss-reactive ketones (excluding diaryl/α,β-unsaturated/α-hetero) is 1. The van der Waals surface area contributed by atoms with Crippen LogP contribution in [0.5, 0.6) is 0 Å². The van der Waals surface area contributed by atoms with Crippen LogP contribution >= 0.6 is 0 Å². The lowest BCUT2D eigenvalue weighted by Gasteiger charge is -2.33. The molecule has 1 saturated heterocycles. The predicted molar refractivity (Wildman–Crippen MR) is 91.5 cm³/mol. The van der Waals surface area contributed by atoms with Gasteiger partial charge in [-0.1, -0.05) is 12.1 Å². The van der Waals surface area contributed by atoms with Crippen molar-refractivity contribution in [3.63, 3.8) is 0 Å². The minimum absolute atomic E-state index is 0.0424. The Hall–Kier alpha value is -2.47. The summed E-state index contributed by atoms with van der Waals surface area (Å²) in [7, 11) is 2.13. The second-order valence-electron chi connectivity index (χ2n) is 5.79. The number of piperazine rings is 1. The van der Waals surface area contributed by atoms with E-state index in [0.717, 1.165) is 37.7 Å². The zero-order chi connectivity index (χ0) is 16.2. The Bertz CT molecular complexity index is 695. The van der Waals surface area contributed by atoms with Gasteiger partial charge in [-0.05, 0) is 32.2 Å². The highest BCUT2D eigenvalue weighted by molar-refractivity contribution is 5.95. The van der Waals surface area contributed by atoms with Gasteiger partial charge in [0.25, 0.3) is 0 Å². The van der Waals surface area contributed by atoms with Gasteiger partial charge in [-0.15, -0.1) is 0 Å². The van der Waals surface area contributed by atoms with E-state index in [1.807, 2.05) is 24.3 Å². The van der Waals surface area contributed by atoms with E-state index in [-0.39, 0.29) is 5.78 Å². The summed E-state index contributed by atoms with van der Waals surface area (Å²) in [5.74, 6) is 1.52. The number of rotatable bonds is 4. The number of anilines is 3. The summed E-state index contributed by atoms with van der Waals surface area (Å²) >= 11 is 0. The Morgan fingerprint density at radius 2 is 1.96 bits per heavy atom. The lowest BCUT2D eigenvalue weighted by molar-refractivity contribution is 0.101. The number of carbonyl (C=O) groups is 1. The summed E-state index contributed by atoms with van der Waals surface area (Å²) in [5, 5.41) is 3.18. The molecule has 0 bridgehead atoms. The van der Waals surface area contributed by atoms with Crippen molar-refractivity contribution in [2.45, 2.75) is 6.92 Å². The Morgan fingerprint density at radius 1 is 1.17 bits per heavy atom. The molecule has 1 N–H and O–H groups in total. The Balaban J connectivity index is 1.75. The van der Waals surface area contributed by atoms with Gasteiger partial charge in [0.15, 0.2) is 5.78 Å². The molecule has 0 amide bonds. The van der Waals surface area contributed by atoms with Crippen LogP contribution in [0.2, 0.25) is 0 Å². The second-order valence-corrected chi connectivity index (χ2v) is 5.79. The number of ketones is 1. The molecule has 1 aromatic carbocycles. The smallest absolute Gasteiger partial charge is 0.229 e. The molecular weight excluding hydrogens is 290 g/mol. The molecule has 1 aliphatic heterocycles. The molecule has 0 atom stereocenters. The van der Waals surface area contributed by atoms with E-state index in [0.29, 0.717) is 11.5 Å². The fourth-order valence-corrected chi connectivity index (χ4v) is 2.57. The van der Waals surface area contributed by atoms with Crippen molar-refractivity contribution in [3.05, 3.63) is 42.1 Å². The molecule has 2 heterocycles. The van der Waals surface area contributed by atoms with Gasteiger partial charge in [-0.2, -0.15) is 4.98 Å². The molecule has 0 saturated carbocycles. The second kappa shape index (κ2) is 6.75. The van der Waals surface area contributed by atoms with Crippen LogP contribution in [0.4, 0.5) is 17.5 Å². The van der Waals surface area contributed by atoms with Crippen molar-refractivity contribution in [2.24, 2.45) is 0 Å². The zero-order valence-electron chi connectivity index (χ0n) is 13.5. The zero-order valence-corrected chi connectivity index (χ0v) is 13.5. The van der Waals surface area contributed by atoms with E-state index in [1.165, 1.54) is 0 Å². The van der Waals surface area contributed by atoms with Crippen molar-refractivity contribution >= 4 is 23.2 Å². The van der Waals surface area contributed by atoms with Crippen molar-refractivity contribution in [2.75, 3.05) is 43.4 Å². The van der Waals surface area contributed by atoms with Gasteiger partial charge in [-0.25, -0.2) is 4.98 Å². The highest BCUT2D eigenvalue weighted by Crippen LogP contribution is 2.18. The van der Waals surface area contributed by atoms with Gasteiger partial charge in [0.1, 0.15) is 5.82 Å². The molecule has 2 aromatic rings. The Kier molecular flexibility index (Phi) is 4.52. The van der Waals surface area contributed by atoms with Gasteiger partial charge in [0.05, 0.1) is 0 Å². The molecular formula is C17H21N5O. The van der Waals surface area contributed by atoms with Gasteiger partial charge in [0.2, 0.25) is 5.95 Å². The highest BCUT2D eigenvalue weighted by atomic mass is 16.1. The molecule has 6 nitrogen and oxygen atoms in total. The number of benzene rings is 1. The third-order valence-electron chi connectivity index (χ3n) is 3.99. The number of likely N-dealkylation sites (N-methyl/N-ethyl adjacent to an activating group) is 1. The van der Waals surface area contributed by atoms with Crippen molar-refractivity contribution in [3.8, 4) is 0 Å². The molecule has 23 heavy (non-hydrogen) atoms. The SMILES string of the molecule is CC(=O)c1cccc(Nc2nccc(N3CCN(C)CC3)n2)c1. The minimum atomic E-state index is 0.0424. The molecule has 3 rings (SSSR count). The van der Waals surface area contributed by atoms with E-state index in [2.05, 4.69) is 32.1 Å². The molecule has 0 aliphatic carbocycles. The summed E-state index contributed by atoms with van der Waals surface area (Å²) in [6.07, 6.45) is 1.76. The topological polar surface area (TPSA) is 61.4 Å². The molecule has 120 valence electrons. The molecule has 0 spiro atoms. The van der Waals surface area contributed by atoms with E-state index < -0.39 is 0 Å². The molecule has 1 fully saturated rings. The Morgan fingerprint density at radius 3 is 2.70 bits per heavy atom. The lowest BCUT2D eigenvalue weighted by Crippen LogP contribution is -2.44. The third kappa shape index (κ3) is 3.84. The number of hydrogen-bond donors (Lipinski definition) is 1. The summed E-state index contributed by atoms with van der Waals surface area (Å²) in [5.41, 5.74) is 1.48. The fourth-order valence-electron chi connectivity index (χ4n) is 2.57. The molecule has 1 aliphatic rings. The number of nitrogens with zero attached hydrogens (tertiary/aromatic N) is 4. The number of aromatic nitrogens is 2. The summed E-state index contributed by atoms with van der Waals surface area (Å²) < 4.78 is 0. The van der Waals surface area contributed by atoms with Crippen LogP contribution in [-0.2, 0) is 0 Å². The summed E-state index contributed by atoms with van der Waals surface area (Å²) in [6.45, 7) is 5.56. The predicted octanol–water partition coefficient (Wildman–Crippen LogP) is 2.17. The first-order valence-corrected chi connectivity index (χ1v) is 7.76. The number of carbonyl (C=O) groups excluding carboxylic acids is 1. The molecule has 0 radical (unpaired) electrons. The average molecular weight is 311 g/mol. The number of nitrogens with one attached hydrogen (secondary N) is 1. The van der Waals surface area contributed by atoms with Crippen LogP contribution in [-0.4, -0.2) is 53.9 Å². The molecule has 0 unspecified atom stereocenters. The lowest BCUT2D eigenvalue weighted by atomic mass is 10.1. The fraction of sp³-hybridized carbons (Fsp3) is 0.353. The molecule has 1 aromatic heterocycles. The van der Waals surface area contributed by atoms with E-state index in [4.69, 9.17) is 0 Å². The third-order valence-corrected chi connectivity index (χ3v) is 3.99. The van der Waals surface area contributed by atoms with E-state index in [1.54, 1.807) is 19.2 Å². The van der Waals surface area contributed by atoms with Crippen LogP contribution in [0.3, 0.4) is 0 Å². The minimum Gasteiger partial charge on any atom is -0.354 e. The maximum Gasteiger partial charge on any atom is 0.229 e. The van der Waals surface area contributed by atoms with Crippen LogP contribution in [0.1, 0.15) is 17.3 Å². The van der Waals surface area contributed by atoms with E-state index in [9.17, 15) is 4.79 Å². The summed E-state index contributed by atoms with van der Waals surface area (Å²) in [4.78, 5) is 24.9. The first-order chi connectivity index (χ1) is 11.1. The number of hydrogen-bond acceptors (Lipinski definition) is 6. The van der Waals surface area contributed by atoms with Crippen LogP contribution in [0.25, 0.3) is 0 Å². The quantitative estimate of drug-likeness (QED) is 0.873. The maximum atomic E-state index is 11.5. The largest absolute Gasteiger partial charge is 0.354 e. The van der Waals surface area contributed by atoms with Gasteiger partial charge < -0.3 is 15.1 Å². The molecule has 6 heteroatoms. The Labute approximate surface area is 136 Å². The normalized spacial score (nSPS) is 15.5. The van der Waals surface area contributed by atoms with Gasteiger partial charge in [-0.3, -0.25) is 4.79 Å². The van der Waals surface area contributed by atoms with Crippen LogP contribution in [0.15, 0.2) is 36.5 Å². The van der Waals surface area contributed by atoms with E-state index >= 15 is 0 Å². The highest BCUT2D eigenvalue weighted by Gasteiger charge is 2.15. The standard InChI is InChI=1S/C17H21N5O/c1-13(23)14-4-3-5-15(12-14)19-17-18-7-6-16(20-17)22-10-8-21(2)9-11-22/h3-7,12H,8-11H2,1-2H3,(H,18,19,20). The van der Waals surface area contributed by atoms with Gasteiger partial charge in [0, 0.05) is 43.6 Å². The first kappa shape index (κ1) is 15.4. The maximum absolute atomic E-state index is 11.5. The van der Waals surface area contributed by atoms with Crippen molar-refractivity contribution < 1.29 is 4.79 Å². The average Bonchev–Trinajstić information content (AvgIpc) is 2.56. The summed E-state index contributed by atoms with van der Waals surface area (Å²) in [6, 6.07) is 9.30. The van der Waals surface area contributed by atoms with Crippen molar-refractivity contribution in [1.82, 2.24) is 14.9 Å². The monoisotopic (exact) mass is 311 g/mol. The van der Waals surface area contributed by atoms with Crippen molar-refractivity contribution in [1.29, 1.82) is 0 Å². The van der Waals surface area contributed by atoms with Crippen LogP contribution in [0, 0.1) is 0 Å². The van der Waals surface area contributed by atoms with Gasteiger partial charge >= 0.3 is 0 Å². The first-order valence-electron chi connectivity index (χ1n) is 7.76. The van der Waals surface area contributed by atoms with Crippen LogP contribution < -0.4 is 10.2 Å².